The summed E-state index contributed by atoms with van der Waals surface area (Å²) in [6, 6.07) is 0. The molecule has 0 rings (SSSR count). The van der Waals surface area contributed by atoms with Crippen molar-refractivity contribution in [2.24, 2.45) is 17.4 Å². The van der Waals surface area contributed by atoms with Gasteiger partial charge in [-0.05, 0) is 5.75 Å². The van der Waals surface area contributed by atoms with Crippen LogP contribution in [0.2, 0.25) is 6.32 Å². The summed E-state index contributed by atoms with van der Waals surface area (Å²) in [7, 11) is 5.33. The Hall–Kier alpha value is -0.485. The summed E-state index contributed by atoms with van der Waals surface area (Å²) in [4.78, 5) is 22.1. The van der Waals surface area contributed by atoms with Crippen LogP contribution in [0.25, 0.3) is 0 Å². The first-order valence-electron chi connectivity index (χ1n) is 4.90. The lowest BCUT2D eigenvalue weighted by Gasteiger charge is -2.11. The van der Waals surface area contributed by atoms with Crippen molar-refractivity contribution < 1.29 is 9.59 Å². The lowest BCUT2D eigenvalue weighted by Crippen LogP contribution is -2.29. The number of carbonyl (C=O) groups is 2. The minimum absolute atomic E-state index is 0.0305. The molecule has 84 valence electrons. The first-order valence-corrected chi connectivity index (χ1v) is 6.06. The van der Waals surface area contributed by atoms with Gasteiger partial charge in [0.2, 0.25) is 5.91 Å². The Labute approximate surface area is 95.9 Å². The Morgan fingerprint density at radius 1 is 1.40 bits per heavy atom. The average Bonchev–Trinajstić information content (AvgIpc) is 2.21. The Bertz CT molecular complexity index is 214. The van der Waals surface area contributed by atoms with Crippen LogP contribution in [0.4, 0.5) is 0 Å². The van der Waals surface area contributed by atoms with E-state index in [-0.39, 0.29) is 18.7 Å². The van der Waals surface area contributed by atoms with Crippen molar-refractivity contribution >= 4 is 31.3 Å². The van der Waals surface area contributed by atoms with Crippen molar-refractivity contribution in [3.05, 3.63) is 0 Å². The number of Topliss-reactive ketones (excluding diaryl/α,β-unsaturated/α-hetero) is 1. The molecule has 0 aromatic heterocycles. The number of carbonyl (C=O) groups excluding carboxylic acids is 2. The molecule has 4 nitrogen and oxygen atoms in total. The fourth-order valence-corrected chi connectivity index (χ4v) is 2.11. The van der Waals surface area contributed by atoms with Crippen molar-refractivity contribution in [3.8, 4) is 0 Å². The van der Waals surface area contributed by atoms with Crippen LogP contribution in [0.15, 0.2) is 0 Å². The molecule has 1 atom stereocenters. The van der Waals surface area contributed by atoms with Gasteiger partial charge in [-0.1, -0.05) is 12.7 Å². The van der Waals surface area contributed by atoms with E-state index in [1.54, 1.807) is 11.8 Å². The van der Waals surface area contributed by atoms with Gasteiger partial charge in [0.25, 0.3) is 0 Å². The van der Waals surface area contributed by atoms with Gasteiger partial charge in [0.05, 0.1) is 20.3 Å². The van der Waals surface area contributed by atoms with Crippen LogP contribution >= 0.6 is 11.8 Å². The predicted molar refractivity (Wildman–Crippen MR) is 63.9 cm³/mol. The van der Waals surface area contributed by atoms with E-state index in [9.17, 15) is 9.59 Å². The molecule has 0 fully saturated rings. The molecule has 0 aromatic carbocycles. The molecule has 2 radical (unpaired) electrons. The van der Waals surface area contributed by atoms with Gasteiger partial charge in [0, 0.05) is 12.2 Å². The molecule has 1 amide bonds. The maximum absolute atomic E-state index is 11.1. The predicted octanol–water partition coefficient (Wildman–Crippen LogP) is -0.284. The van der Waals surface area contributed by atoms with Crippen molar-refractivity contribution in [3.63, 3.8) is 0 Å². The fraction of sp³-hybridized carbons (Fsp3) is 0.778. The van der Waals surface area contributed by atoms with E-state index in [0.717, 1.165) is 12.2 Å². The van der Waals surface area contributed by atoms with Gasteiger partial charge >= 0.3 is 0 Å². The lowest BCUT2D eigenvalue weighted by atomic mass is 10.0. The molecule has 0 bridgehead atoms. The largest absolute Gasteiger partial charge is 0.369 e. The summed E-state index contributed by atoms with van der Waals surface area (Å²) in [6.07, 6.45) is 1.69. The van der Waals surface area contributed by atoms with E-state index < -0.39 is 11.8 Å². The highest BCUT2D eigenvalue weighted by Crippen LogP contribution is 2.13. The summed E-state index contributed by atoms with van der Waals surface area (Å²) < 4.78 is 0. The summed E-state index contributed by atoms with van der Waals surface area (Å²) in [5.74, 6) is 0.497. The van der Waals surface area contributed by atoms with Crippen molar-refractivity contribution in [1.82, 2.24) is 0 Å². The molecule has 1 unspecified atom stereocenters. The maximum atomic E-state index is 11.1. The highest BCUT2D eigenvalue weighted by atomic mass is 32.2. The minimum atomic E-state index is -0.433. The van der Waals surface area contributed by atoms with Gasteiger partial charge in [0.1, 0.15) is 5.78 Å². The number of rotatable bonds is 9. The first kappa shape index (κ1) is 14.5. The fourth-order valence-electron chi connectivity index (χ4n) is 1.01. The molecule has 0 saturated carbocycles. The third-order valence-electron chi connectivity index (χ3n) is 1.92. The third kappa shape index (κ3) is 7.44. The molecular formula is C9H17BN2O2S. The van der Waals surface area contributed by atoms with Gasteiger partial charge in [-0.15, -0.1) is 0 Å². The van der Waals surface area contributed by atoms with Crippen LogP contribution in [-0.4, -0.2) is 37.6 Å². The van der Waals surface area contributed by atoms with E-state index in [4.69, 9.17) is 19.3 Å². The smallest absolute Gasteiger partial charge is 0.221 e. The van der Waals surface area contributed by atoms with Crippen LogP contribution in [0.5, 0.6) is 0 Å². The second-order valence-corrected chi connectivity index (χ2v) is 4.41. The van der Waals surface area contributed by atoms with Crippen LogP contribution < -0.4 is 11.5 Å². The minimum Gasteiger partial charge on any atom is -0.369 e. The Morgan fingerprint density at radius 3 is 2.53 bits per heavy atom. The van der Waals surface area contributed by atoms with Crippen LogP contribution in [0.3, 0.4) is 0 Å². The number of hydrogen-bond acceptors (Lipinski definition) is 4. The normalized spacial score (nSPS) is 12.3. The van der Waals surface area contributed by atoms with Gasteiger partial charge in [-0.25, -0.2) is 0 Å². The topological polar surface area (TPSA) is 86.2 Å². The molecule has 0 aliphatic heterocycles. The molecule has 0 saturated heterocycles. The van der Waals surface area contributed by atoms with Crippen molar-refractivity contribution in [2.45, 2.75) is 19.2 Å². The van der Waals surface area contributed by atoms with E-state index in [1.807, 2.05) is 0 Å². The highest BCUT2D eigenvalue weighted by Gasteiger charge is 2.18. The number of primary amides is 1. The molecule has 0 aromatic rings. The zero-order valence-electron chi connectivity index (χ0n) is 8.78. The molecule has 0 aliphatic rings. The Kier molecular flexibility index (Phi) is 8.51. The molecule has 4 N–H and O–H groups in total. The lowest BCUT2D eigenvalue weighted by molar-refractivity contribution is -0.126. The number of nitrogens with two attached hydrogens (primary N) is 2. The van der Waals surface area contributed by atoms with E-state index >= 15 is 0 Å². The van der Waals surface area contributed by atoms with E-state index in [0.29, 0.717) is 12.1 Å². The molecule has 6 heteroatoms. The monoisotopic (exact) mass is 228 g/mol. The number of hydrogen-bond donors (Lipinski definition) is 2. The molecule has 0 spiro atoms. The van der Waals surface area contributed by atoms with Gasteiger partial charge in [-0.3, -0.25) is 9.59 Å². The van der Waals surface area contributed by atoms with Crippen molar-refractivity contribution in [1.29, 1.82) is 0 Å². The molecule has 0 heterocycles. The quantitative estimate of drug-likeness (QED) is 0.419. The van der Waals surface area contributed by atoms with Gasteiger partial charge in [-0.2, -0.15) is 11.8 Å². The third-order valence-corrected chi connectivity index (χ3v) is 3.13. The van der Waals surface area contributed by atoms with Gasteiger partial charge < -0.3 is 11.5 Å². The van der Waals surface area contributed by atoms with Crippen LogP contribution in [0.1, 0.15) is 12.8 Å². The van der Waals surface area contributed by atoms with Crippen molar-refractivity contribution in [2.75, 3.05) is 18.1 Å². The number of thioether (sulfide) groups is 1. The average molecular weight is 228 g/mol. The summed E-state index contributed by atoms with van der Waals surface area (Å²) in [6.45, 7) is -0.0305. The maximum Gasteiger partial charge on any atom is 0.221 e. The number of ketones is 1. The molecule has 15 heavy (non-hydrogen) atoms. The second kappa shape index (κ2) is 8.79. The Balaban J connectivity index is 3.84. The summed E-state index contributed by atoms with van der Waals surface area (Å²) in [5.41, 5.74) is 10.4. The van der Waals surface area contributed by atoms with Crippen LogP contribution in [-0.2, 0) is 9.59 Å². The standard InChI is InChI=1S/C9H17BN2O2S/c10-2-1-3-15-6-7(9(12)14)4-8(13)5-11/h7H,1-6,11H2,(H2,12,14). The summed E-state index contributed by atoms with van der Waals surface area (Å²) >= 11 is 1.59. The highest BCUT2D eigenvalue weighted by molar-refractivity contribution is 7.99. The molecular weight excluding hydrogens is 211 g/mol. The van der Waals surface area contributed by atoms with Crippen LogP contribution in [0, 0.1) is 5.92 Å². The zero-order chi connectivity index (χ0) is 11.7. The Morgan fingerprint density at radius 2 is 2.07 bits per heavy atom. The molecule has 0 aliphatic carbocycles. The van der Waals surface area contributed by atoms with E-state index in [2.05, 4.69) is 0 Å². The number of amides is 1. The first-order chi connectivity index (χ1) is 7.11. The summed E-state index contributed by atoms with van der Waals surface area (Å²) in [5, 5.41) is 0. The SMILES string of the molecule is [B]CCCSCC(CC(=O)CN)C(N)=O. The second-order valence-electron chi connectivity index (χ2n) is 3.26. The zero-order valence-corrected chi connectivity index (χ0v) is 9.59. The van der Waals surface area contributed by atoms with E-state index in [1.165, 1.54) is 0 Å². The van der Waals surface area contributed by atoms with Gasteiger partial charge in [0.15, 0.2) is 0 Å².